The van der Waals surface area contributed by atoms with Gasteiger partial charge in [0.15, 0.2) is 0 Å². The summed E-state index contributed by atoms with van der Waals surface area (Å²) in [7, 11) is 0. The standard InChI is InChI=1S/C75H44N3O2.Ir/c1-3-17-59(57(15-1)48-27-31-50(32-28-48)69-23-11-13-40-76-69)54-43-55(60-18-4-2-16-58(60)49-29-33-51(34-30-49)70-24-12-14-41-77-70)45-56(44-54)61-19-5-6-20-62(61)63-37-36-53(74-75-67(39-42-78-74)65-22-8-10-26-72(65)80-75)46-68(63)52-35-38-66-64-21-7-9-25-71(64)79-73(66)47-52;/h1-31,33,35,37-47H;/q-3;+3. The second-order valence-corrected chi connectivity index (χ2v) is 20.0. The maximum atomic E-state index is 6.58. The molecule has 0 saturated heterocycles. The molecule has 15 aromatic rings. The molecule has 380 valence electrons. The normalized spacial score (nSPS) is 11.4. The molecule has 0 aliphatic heterocycles. The first-order valence-electron chi connectivity index (χ1n) is 26.7. The topological polar surface area (TPSA) is 65.0 Å². The molecule has 5 aromatic heterocycles. The first-order chi connectivity index (χ1) is 39.6. The maximum absolute atomic E-state index is 6.58. The largest absolute Gasteiger partial charge is 3.00 e. The molecule has 0 amide bonds. The van der Waals surface area contributed by atoms with E-state index in [1.54, 1.807) is 0 Å². The van der Waals surface area contributed by atoms with Crippen LogP contribution in [-0.2, 0) is 20.1 Å². The Bertz CT molecular complexity index is 4670. The zero-order valence-electron chi connectivity index (χ0n) is 43.4. The second-order valence-electron chi connectivity index (χ2n) is 20.0. The second kappa shape index (κ2) is 20.9. The van der Waals surface area contributed by atoms with Crippen molar-refractivity contribution in [2.45, 2.75) is 0 Å². The zero-order valence-corrected chi connectivity index (χ0v) is 45.8. The third kappa shape index (κ3) is 9.03. The fraction of sp³-hybridized carbons (Fsp3) is 0. The Hall–Kier alpha value is -10.1. The van der Waals surface area contributed by atoms with E-state index in [2.05, 4.69) is 204 Å². The van der Waals surface area contributed by atoms with Crippen LogP contribution in [0.3, 0.4) is 0 Å². The van der Waals surface area contributed by atoms with Crippen LogP contribution in [0.4, 0.5) is 0 Å². The Morgan fingerprint density at radius 2 is 0.741 bits per heavy atom. The maximum Gasteiger partial charge on any atom is 3.00 e. The molecule has 0 bridgehead atoms. The number of nitrogens with zero attached hydrogens (tertiary/aromatic N) is 3. The molecule has 0 aliphatic carbocycles. The van der Waals surface area contributed by atoms with Crippen LogP contribution in [0.15, 0.2) is 276 Å². The van der Waals surface area contributed by atoms with E-state index < -0.39 is 0 Å². The average Bonchev–Trinajstić information content (AvgIpc) is 4.23. The summed E-state index contributed by atoms with van der Waals surface area (Å²) < 4.78 is 13.1. The van der Waals surface area contributed by atoms with Gasteiger partial charge >= 0.3 is 20.1 Å². The van der Waals surface area contributed by atoms with Gasteiger partial charge in [0.1, 0.15) is 22.3 Å². The van der Waals surface area contributed by atoms with Crippen molar-refractivity contribution in [1.82, 2.24) is 15.0 Å². The first-order valence-corrected chi connectivity index (χ1v) is 26.7. The summed E-state index contributed by atoms with van der Waals surface area (Å²) in [6.45, 7) is 0. The van der Waals surface area contributed by atoms with Crippen molar-refractivity contribution < 1.29 is 28.9 Å². The van der Waals surface area contributed by atoms with Crippen LogP contribution in [0.5, 0.6) is 0 Å². The summed E-state index contributed by atoms with van der Waals surface area (Å²) in [6, 6.07) is 97.9. The molecule has 6 heteroatoms. The van der Waals surface area contributed by atoms with Gasteiger partial charge in [-0.1, -0.05) is 178 Å². The van der Waals surface area contributed by atoms with Crippen molar-refractivity contribution in [3.05, 3.63) is 286 Å². The Morgan fingerprint density at radius 1 is 0.272 bits per heavy atom. The number of furan rings is 2. The van der Waals surface area contributed by atoms with Crippen molar-refractivity contribution in [2.75, 3.05) is 0 Å². The van der Waals surface area contributed by atoms with Gasteiger partial charge < -0.3 is 23.8 Å². The molecular formula is C75H44IrN3O2. The van der Waals surface area contributed by atoms with E-state index in [1.807, 2.05) is 91.4 Å². The summed E-state index contributed by atoms with van der Waals surface area (Å²) in [5, 5.41) is 4.21. The van der Waals surface area contributed by atoms with E-state index in [-0.39, 0.29) is 20.1 Å². The summed E-state index contributed by atoms with van der Waals surface area (Å²) >= 11 is 0. The van der Waals surface area contributed by atoms with Crippen LogP contribution in [-0.4, -0.2) is 15.0 Å². The van der Waals surface area contributed by atoms with E-state index in [9.17, 15) is 0 Å². The number of aromatic nitrogens is 3. The van der Waals surface area contributed by atoms with Gasteiger partial charge in [0.25, 0.3) is 0 Å². The van der Waals surface area contributed by atoms with Crippen LogP contribution in [0.2, 0.25) is 0 Å². The van der Waals surface area contributed by atoms with Crippen molar-refractivity contribution in [3.8, 4) is 112 Å². The molecule has 10 aromatic carbocycles. The number of hydrogen-bond donors (Lipinski definition) is 0. The molecule has 0 fully saturated rings. The molecule has 0 aliphatic rings. The molecule has 0 N–H and O–H groups in total. The minimum Gasteiger partial charge on any atom is -0.464 e. The van der Waals surface area contributed by atoms with Crippen LogP contribution < -0.4 is 0 Å². The summed E-state index contributed by atoms with van der Waals surface area (Å²) in [5.74, 6) is 0. The number of benzene rings is 10. The predicted octanol–water partition coefficient (Wildman–Crippen LogP) is 19.7. The summed E-state index contributed by atoms with van der Waals surface area (Å²) in [4.78, 5) is 14.2. The van der Waals surface area contributed by atoms with E-state index in [4.69, 9.17) is 13.8 Å². The van der Waals surface area contributed by atoms with Gasteiger partial charge in [-0.25, -0.2) is 0 Å². The minimum atomic E-state index is 0. The van der Waals surface area contributed by atoms with Crippen molar-refractivity contribution in [2.24, 2.45) is 0 Å². The molecule has 0 radical (unpaired) electrons. The van der Waals surface area contributed by atoms with E-state index in [0.29, 0.717) is 0 Å². The molecule has 5 heterocycles. The van der Waals surface area contributed by atoms with Crippen LogP contribution >= 0.6 is 0 Å². The summed E-state index contributed by atoms with van der Waals surface area (Å²) in [5.41, 5.74) is 23.3. The number of pyridine rings is 3. The Morgan fingerprint density at radius 3 is 1.30 bits per heavy atom. The number of rotatable bonds is 10. The zero-order chi connectivity index (χ0) is 52.9. The summed E-state index contributed by atoms with van der Waals surface area (Å²) in [6.07, 6.45) is 5.50. The van der Waals surface area contributed by atoms with Crippen LogP contribution in [0.25, 0.3) is 156 Å². The molecule has 0 atom stereocenters. The van der Waals surface area contributed by atoms with Gasteiger partial charge in [-0.05, 0) is 111 Å². The molecule has 0 saturated carbocycles. The van der Waals surface area contributed by atoms with Gasteiger partial charge in [0.05, 0.1) is 0 Å². The SMILES string of the molecule is [Ir+3].[c-]1cc(-c2ccccc2-c2cc(-c3ccccc3-c3c[c-]c(-c4ccccn4)cc3)cc(-c3ccccc3-c3c[c-]c(-c4nccc5c4oc4ccccc45)cc3-c3ccc4c(c3)oc3ccccc34)c2)ccc1-c1ccccn1. The molecule has 81 heavy (non-hydrogen) atoms. The fourth-order valence-electron chi connectivity index (χ4n) is 11.4. The predicted molar refractivity (Wildman–Crippen MR) is 325 cm³/mol. The molecule has 5 nitrogen and oxygen atoms in total. The van der Waals surface area contributed by atoms with Gasteiger partial charge in [0.2, 0.25) is 0 Å². The average molecular weight is 1210 g/mol. The van der Waals surface area contributed by atoms with Crippen molar-refractivity contribution in [3.63, 3.8) is 0 Å². The fourth-order valence-corrected chi connectivity index (χ4v) is 11.4. The number of fused-ring (bicyclic) bond motifs is 6. The van der Waals surface area contributed by atoms with E-state index >= 15 is 0 Å². The third-order valence-electron chi connectivity index (χ3n) is 15.3. The van der Waals surface area contributed by atoms with Gasteiger partial charge in [0, 0.05) is 45.8 Å². The molecule has 15 rings (SSSR count). The van der Waals surface area contributed by atoms with E-state index in [1.165, 1.54) is 0 Å². The molecule has 0 unspecified atom stereocenters. The number of hydrogen-bond acceptors (Lipinski definition) is 5. The Balaban J connectivity index is 0.00000589. The van der Waals surface area contributed by atoms with Gasteiger partial charge in [-0.15, -0.1) is 83.4 Å². The first kappa shape index (κ1) is 49.2. The van der Waals surface area contributed by atoms with Crippen molar-refractivity contribution in [1.29, 1.82) is 0 Å². The Kier molecular flexibility index (Phi) is 12.7. The van der Waals surface area contributed by atoms with Gasteiger partial charge in [-0.2, -0.15) is 0 Å². The van der Waals surface area contributed by atoms with Gasteiger partial charge in [-0.3, -0.25) is 0 Å². The Labute approximate surface area is 481 Å². The number of para-hydroxylation sites is 2. The monoisotopic (exact) mass is 1210 g/mol. The smallest absolute Gasteiger partial charge is 0.464 e. The minimum absolute atomic E-state index is 0. The quantitative estimate of drug-likeness (QED) is 0.128. The molecular weight excluding hydrogens is 1170 g/mol. The van der Waals surface area contributed by atoms with Crippen molar-refractivity contribution >= 4 is 43.9 Å². The van der Waals surface area contributed by atoms with Crippen LogP contribution in [0.1, 0.15) is 0 Å². The van der Waals surface area contributed by atoms with E-state index in [0.717, 1.165) is 156 Å². The third-order valence-corrected chi connectivity index (χ3v) is 15.3. The molecule has 0 spiro atoms. The van der Waals surface area contributed by atoms with Crippen LogP contribution in [0, 0.1) is 18.2 Å².